The fourth-order valence-electron chi connectivity index (χ4n) is 2.35. The van der Waals surface area contributed by atoms with Crippen LogP contribution in [0.4, 0.5) is 0 Å². The highest BCUT2D eigenvalue weighted by Gasteiger charge is 2.14. The second kappa shape index (κ2) is 4.38. The molecule has 17 heavy (non-hydrogen) atoms. The van der Waals surface area contributed by atoms with E-state index in [4.69, 9.17) is 11.6 Å². The van der Waals surface area contributed by atoms with E-state index >= 15 is 0 Å². The Morgan fingerprint density at radius 1 is 1.29 bits per heavy atom. The Bertz CT molecular complexity index is 556. The Kier molecular flexibility index (Phi) is 2.73. The summed E-state index contributed by atoms with van der Waals surface area (Å²) < 4.78 is 0. The molecular formula is C14H13ClN2. The lowest BCUT2D eigenvalue weighted by Gasteiger charge is -2.19. The maximum Gasteiger partial charge on any atom is 0.0924 e. The first-order valence-electron chi connectivity index (χ1n) is 5.81. The lowest BCUT2D eigenvalue weighted by Crippen LogP contribution is -2.01. The van der Waals surface area contributed by atoms with Gasteiger partial charge in [0.05, 0.1) is 18.2 Å². The van der Waals surface area contributed by atoms with Crippen molar-refractivity contribution in [1.82, 2.24) is 9.97 Å². The molecule has 0 fully saturated rings. The van der Waals surface area contributed by atoms with Crippen LogP contribution in [0.5, 0.6) is 0 Å². The predicted octanol–water partition coefficient (Wildman–Crippen LogP) is 3.94. The van der Waals surface area contributed by atoms with Crippen LogP contribution < -0.4 is 0 Å². The number of aryl methyl sites for hydroxylation is 1. The second-order valence-electron chi connectivity index (χ2n) is 4.33. The molecule has 86 valence electrons. The standard InChI is InChI=1S/C14H13ClN2/c15-12-5-4-10-2-1-3-11(14(10)7-12)6-13-8-16-9-17-13/h4-9H,1-3H2,(H,16,17)/b11-6+. The highest BCUT2D eigenvalue weighted by molar-refractivity contribution is 6.30. The Hall–Kier alpha value is -1.54. The van der Waals surface area contributed by atoms with Gasteiger partial charge in [0.1, 0.15) is 0 Å². The number of nitrogens with one attached hydrogen (secondary N) is 1. The minimum atomic E-state index is 0.807. The van der Waals surface area contributed by atoms with Gasteiger partial charge in [0.15, 0.2) is 0 Å². The maximum absolute atomic E-state index is 6.08. The normalized spacial score (nSPS) is 17.1. The fraction of sp³-hybridized carbons (Fsp3) is 0.214. The van der Waals surface area contributed by atoms with Crippen molar-refractivity contribution in [2.45, 2.75) is 19.3 Å². The third-order valence-corrected chi connectivity index (χ3v) is 3.39. The molecule has 0 atom stereocenters. The molecule has 1 aliphatic rings. The quantitative estimate of drug-likeness (QED) is 0.809. The van der Waals surface area contributed by atoms with Crippen LogP contribution in [-0.2, 0) is 6.42 Å². The number of aromatic amines is 1. The van der Waals surface area contributed by atoms with Crippen molar-refractivity contribution >= 4 is 23.3 Å². The number of hydrogen-bond donors (Lipinski definition) is 1. The fourth-order valence-corrected chi connectivity index (χ4v) is 2.52. The summed E-state index contributed by atoms with van der Waals surface area (Å²) in [6.45, 7) is 0. The van der Waals surface area contributed by atoms with Crippen molar-refractivity contribution in [1.29, 1.82) is 0 Å². The van der Waals surface area contributed by atoms with Crippen LogP contribution >= 0.6 is 11.6 Å². The Morgan fingerprint density at radius 3 is 3.06 bits per heavy atom. The van der Waals surface area contributed by atoms with Crippen LogP contribution in [0.15, 0.2) is 30.7 Å². The lowest BCUT2D eigenvalue weighted by molar-refractivity contribution is 0.824. The van der Waals surface area contributed by atoms with Gasteiger partial charge in [-0.1, -0.05) is 17.7 Å². The zero-order valence-electron chi connectivity index (χ0n) is 9.41. The largest absolute Gasteiger partial charge is 0.345 e. The lowest BCUT2D eigenvalue weighted by atomic mass is 9.87. The highest BCUT2D eigenvalue weighted by Crippen LogP contribution is 2.33. The van der Waals surface area contributed by atoms with Gasteiger partial charge >= 0.3 is 0 Å². The number of H-pyrrole nitrogens is 1. The summed E-state index contributed by atoms with van der Waals surface area (Å²) in [5.41, 5.74) is 5.08. The number of imidazole rings is 1. The molecule has 1 aromatic carbocycles. The van der Waals surface area contributed by atoms with Gasteiger partial charge in [0, 0.05) is 5.02 Å². The van der Waals surface area contributed by atoms with E-state index in [1.165, 1.54) is 23.1 Å². The highest BCUT2D eigenvalue weighted by atomic mass is 35.5. The third-order valence-electron chi connectivity index (χ3n) is 3.16. The molecule has 0 saturated carbocycles. The number of nitrogens with zero attached hydrogens (tertiary/aromatic N) is 1. The molecule has 3 rings (SSSR count). The zero-order valence-corrected chi connectivity index (χ0v) is 10.2. The first-order valence-corrected chi connectivity index (χ1v) is 6.18. The SMILES string of the molecule is Clc1ccc2c(c1)/C(=C/c1cnc[nH]1)CCC2. The Balaban J connectivity index is 2.07. The van der Waals surface area contributed by atoms with Gasteiger partial charge in [0.2, 0.25) is 0 Å². The molecule has 2 nitrogen and oxygen atoms in total. The van der Waals surface area contributed by atoms with E-state index in [0.717, 1.165) is 23.6 Å². The van der Waals surface area contributed by atoms with E-state index in [0.29, 0.717) is 0 Å². The van der Waals surface area contributed by atoms with Gasteiger partial charge in [-0.15, -0.1) is 0 Å². The molecule has 0 bridgehead atoms. The summed E-state index contributed by atoms with van der Waals surface area (Å²) in [4.78, 5) is 7.14. The van der Waals surface area contributed by atoms with E-state index in [1.807, 2.05) is 12.3 Å². The van der Waals surface area contributed by atoms with E-state index in [-0.39, 0.29) is 0 Å². The van der Waals surface area contributed by atoms with Crippen LogP contribution in [0.3, 0.4) is 0 Å². The van der Waals surface area contributed by atoms with Gasteiger partial charge < -0.3 is 4.98 Å². The summed E-state index contributed by atoms with van der Waals surface area (Å²) in [5, 5.41) is 0.807. The van der Waals surface area contributed by atoms with Gasteiger partial charge in [0.25, 0.3) is 0 Å². The van der Waals surface area contributed by atoms with Crippen LogP contribution in [0, 0.1) is 0 Å². The van der Waals surface area contributed by atoms with Gasteiger partial charge in [-0.25, -0.2) is 4.98 Å². The second-order valence-corrected chi connectivity index (χ2v) is 4.77. The first kappa shape index (κ1) is 10.6. The average molecular weight is 245 g/mol. The number of aromatic nitrogens is 2. The monoisotopic (exact) mass is 244 g/mol. The van der Waals surface area contributed by atoms with Crippen molar-refractivity contribution in [3.63, 3.8) is 0 Å². The molecule has 3 heteroatoms. The molecule has 0 unspecified atom stereocenters. The summed E-state index contributed by atoms with van der Waals surface area (Å²) in [7, 11) is 0. The number of fused-ring (bicyclic) bond motifs is 1. The summed E-state index contributed by atoms with van der Waals surface area (Å²) in [5.74, 6) is 0. The number of allylic oxidation sites excluding steroid dienone is 1. The number of halogens is 1. The Labute approximate surface area is 105 Å². The smallest absolute Gasteiger partial charge is 0.0924 e. The van der Waals surface area contributed by atoms with Gasteiger partial charge in [-0.05, 0) is 54.2 Å². The van der Waals surface area contributed by atoms with Gasteiger partial charge in [-0.2, -0.15) is 0 Å². The zero-order chi connectivity index (χ0) is 11.7. The molecule has 1 aliphatic carbocycles. The average Bonchev–Trinajstić information content (AvgIpc) is 2.83. The van der Waals surface area contributed by atoms with Crippen molar-refractivity contribution in [3.8, 4) is 0 Å². The van der Waals surface area contributed by atoms with E-state index in [1.54, 1.807) is 6.33 Å². The number of rotatable bonds is 1. The molecule has 0 spiro atoms. The minimum Gasteiger partial charge on any atom is -0.345 e. The molecule has 0 aliphatic heterocycles. The van der Waals surface area contributed by atoms with Crippen LogP contribution in [0.25, 0.3) is 11.6 Å². The van der Waals surface area contributed by atoms with Crippen molar-refractivity contribution in [2.24, 2.45) is 0 Å². The van der Waals surface area contributed by atoms with Crippen molar-refractivity contribution in [2.75, 3.05) is 0 Å². The molecule has 2 aromatic rings. The Morgan fingerprint density at radius 2 is 2.24 bits per heavy atom. The molecule has 1 N–H and O–H groups in total. The molecular weight excluding hydrogens is 232 g/mol. The van der Waals surface area contributed by atoms with Crippen molar-refractivity contribution < 1.29 is 0 Å². The van der Waals surface area contributed by atoms with Crippen LogP contribution in [-0.4, -0.2) is 9.97 Å². The molecule has 0 saturated heterocycles. The van der Waals surface area contributed by atoms with Crippen LogP contribution in [0.2, 0.25) is 5.02 Å². The summed E-state index contributed by atoms with van der Waals surface area (Å²) in [6, 6.07) is 6.18. The number of hydrogen-bond acceptors (Lipinski definition) is 1. The third kappa shape index (κ3) is 2.13. The predicted molar refractivity (Wildman–Crippen MR) is 70.8 cm³/mol. The van der Waals surface area contributed by atoms with Gasteiger partial charge in [-0.3, -0.25) is 0 Å². The van der Waals surface area contributed by atoms with E-state index in [2.05, 4.69) is 28.2 Å². The molecule has 0 radical (unpaired) electrons. The van der Waals surface area contributed by atoms with E-state index < -0.39 is 0 Å². The molecule has 1 heterocycles. The first-order chi connectivity index (χ1) is 8.33. The van der Waals surface area contributed by atoms with E-state index in [9.17, 15) is 0 Å². The summed E-state index contributed by atoms with van der Waals surface area (Å²) in [6.07, 6.45) is 9.16. The minimum absolute atomic E-state index is 0.807. The molecule has 1 aromatic heterocycles. The summed E-state index contributed by atoms with van der Waals surface area (Å²) >= 11 is 6.08. The number of benzene rings is 1. The maximum atomic E-state index is 6.08. The van der Waals surface area contributed by atoms with Crippen LogP contribution in [0.1, 0.15) is 29.7 Å². The van der Waals surface area contributed by atoms with Crippen molar-refractivity contribution in [3.05, 3.63) is 52.6 Å². The molecule has 0 amide bonds. The topological polar surface area (TPSA) is 28.7 Å².